The number of benzene rings is 12. The lowest BCUT2D eigenvalue weighted by Crippen LogP contribution is -2.56. The Morgan fingerprint density at radius 2 is 0.948 bits per heavy atom. The van der Waals surface area contributed by atoms with E-state index in [4.69, 9.17) is 4.42 Å². The van der Waals surface area contributed by atoms with E-state index in [9.17, 15) is 0 Å². The number of furan rings is 1. The van der Waals surface area contributed by atoms with Crippen molar-refractivity contribution in [2.75, 3.05) is 9.80 Å². The zero-order chi connectivity index (χ0) is 51.6. The van der Waals surface area contributed by atoms with Crippen molar-refractivity contribution in [3.05, 3.63) is 230 Å². The van der Waals surface area contributed by atoms with E-state index in [-0.39, 0.29) is 17.7 Å². The first-order chi connectivity index (χ1) is 37.5. The predicted molar refractivity (Wildman–Crippen MR) is 329 cm³/mol. The minimum absolute atomic E-state index is 0.116. The van der Waals surface area contributed by atoms with Crippen molar-refractivity contribution >= 4 is 139 Å². The summed E-state index contributed by atoms with van der Waals surface area (Å²) in [5, 5.41) is 14.7. The number of fused-ring (bicyclic) bond motifs is 18. The highest BCUT2D eigenvalue weighted by molar-refractivity contribution is 6.90. The lowest BCUT2D eigenvalue weighted by Gasteiger charge is -2.42. The molecule has 16 rings (SSSR count). The zero-order valence-corrected chi connectivity index (χ0v) is 44.1. The quantitative estimate of drug-likeness (QED) is 0.0998. The first-order valence-corrected chi connectivity index (χ1v) is 27.2. The van der Waals surface area contributed by atoms with Crippen LogP contribution in [-0.4, -0.2) is 11.3 Å². The Morgan fingerprint density at radius 1 is 0.416 bits per heavy atom. The maximum atomic E-state index is 7.04. The number of aromatic nitrogens is 1. The summed E-state index contributed by atoms with van der Waals surface area (Å²) in [5.74, 6) is 0. The van der Waals surface area contributed by atoms with Gasteiger partial charge < -0.3 is 18.7 Å². The summed E-state index contributed by atoms with van der Waals surface area (Å²) < 4.78 is 9.72. The van der Waals surface area contributed by atoms with Crippen LogP contribution < -0.4 is 20.7 Å². The summed E-state index contributed by atoms with van der Waals surface area (Å²) in [6.45, 7) is 13.9. The molecule has 0 unspecified atom stereocenters. The number of hydrogen-bond donors (Lipinski definition) is 0. The van der Waals surface area contributed by atoms with E-state index >= 15 is 0 Å². The summed E-state index contributed by atoms with van der Waals surface area (Å²) >= 11 is 0. The van der Waals surface area contributed by atoms with Crippen LogP contribution in [0.5, 0.6) is 0 Å². The molecule has 0 bridgehead atoms. The molecular weight excluding hydrogens is 934 g/mol. The molecule has 77 heavy (non-hydrogen) atoms. The van der Waals surface area contributed by atoms with E-state index < -0.39 is 0 Å². The summed E-state index contributed by atoms with van der Waals surface area (Å²) in [6, 6.07) is 82.2. The van der Waals surface area contributed by atoms with Crippen LogP contribution in [0, 0.1) is 0 Å². The number of para-hydroxylation sites is 4. The van der Waals surface area contributed by atoms with Crippen molar-refractivity contribution in [2.45, 2.75) is 52.4 Å². The van der Waals surface area contributed by atoms with Gasteiger partial charge in [0, 0.05) is 66.9 Å². The number of nitrogens with zero attached hydrogens (tertiary/aromatic N) is 3. The monoisotopic (exact) mass is 987 g/mol. The maximum absolute atomic E-state index is 7.04. The van der Waals surface area contributed by atoms with Gasteiger partial charge in [0.05, 0.1) is 5.39 Å². The first kappa shape index (κ1) is 44.3. The second-order valence-corrected chi connectivity index (χ2v) is 23.7. The molecule has 4 nitrogen and oxygen atoms in total. The van der Waals surface area contributed by atoms with Crippen LogP contribution in [0.4, 0.5) is 34.1 Å². The fourth-order valence-electron chi connectivity index (χ4n) is 13.4. The van der Waals surface area contributed by atoms with Crippen molar-refractivity contribution in [3.8, 4) is 11.1 Å². The molecule has 2 aromatic heterocycles. The second-order valence-electron chi connectivity index (χ2n) is 23.7. The molecule has 2 aliphatic rings. The van der Waals surface area contributed by atoms with E-state index in [2.05, 4.69) is 274 Å². The summed E-state index contributed by atoms with van der Waals surface area (Å²) in [7, 11) is 0. The van der Waals surface area contributed by atoms with Gasteiger partial charge >= 0.3 is 6.85 Å². The van der Waals surface area contributed by atoms with E-state index in [1.165, 1.54) is 104 Å². The minimum Gasteiger partial charge on any atom is -0.455 e. The van der Waals surface area contributed by atoms with Crippen LogP contribution in [0.1, 0.15) is 52.7 Å². The molecular formula is C72H54BN3O. The third-order valence-corrected chi connectivity index (χ3v) is 17.1. The van der Waals surface area contributed by atoms with Gasteiger partial charge in [0.2, 0.25) is 0 Å². The molecule has 0 radical (unpaired) electrons. The van der Waals surface area contributed by atoms with Crippen LogP contribution in [0.15, 0.2) is 223 Å². The predicted octanol–water partition coefficient (Wildman–Crippen LogP) is 18.8. The Morgan fingerprint density at radius 3 is 1.56 bits per heavy atom. The highest BCUT2D eigenvalue weighted by Gasteiger charge is 2.45. The Bertz CT molecular complexity index is 4770. The van der Waals surface area contributed by atoms with Crippen molar-refractivity contribution < 1.29 is 4.42 Å². The molecule has 0 atom stereocenters. The van der Waals surface area contributed by atoms with Gasteiger partial charge in [0.15, 0.2) is 0 Å². The molecule has 0 saturated carbocycles. The van der Waals surface area contributed by atoms with Crippen LogP contribution in [0.25, 0.3) is 98.0 Å². The SMILES string of the molecule is CC(C)(C)c1cc(N2c3cc4cc5c6ccccc6c6ccccc6c5cc4cc3B3c4c(cc(N(c5ccccc5)c5ccccc5)cc42)-c2cc4c5ccccc5oc4c4c5ccccc5n3c24)cc(C(C)(C)C)c1. The topological polar surface area (TPSA) is 24.6 Å². The molecule has 4 heterocycles. The van der Waals surface area contributed by atoms with Gasteiger partial charge in [-0.05, 0) is 166 Å². The van der Waals surface area contributed by atoms with E-state index in [0.29, 0.717) is 0 Å². The molecule has 14 aromatic rings. The van der Waals surface area contributed by atoms with Gasteiger partial charge in [-0.3, -0.25) is 0 Å². The van der Waals surface area contributed by atoms with Gasteiger partial charge in [-0.1, -0.05) is 175 Å². The highest BCUT2D eigenvalue weighted by atomic mass is 16.3. The Kier molecular flexibility index (Phi) is 9.05. The average molecular weight is 988 g/mol. The number of anilines is 6. The molecule has 5 heteroatoms. The van der Waals surface area contributed by atoms with Crippen LogP contribution in [0.2, 0.25) is 0 Å². The zero-order valence-electron chi connectivity index (χ0n) is 44.1. The molecule has 0 N–H and O–H groups in total. The molecule has 2 aliphatic heterocycles. The van der Waals surface area contributed by atoms with Crippen LogP contribution in [0.3, 0.4) is 0 Å². The molecule has 12 aromatic carbocycles. The van der Waals surface area contributed by atoms with Gasteiger partial charge in [0.1, 0.15) is 11.2 Å². The number of hydrogen-bond acceptors (Lipinski definition) is 3. The summed E-state index contributed by atoms with van der Waals surface area (Å²) in [4.78, 5) is 5.09. The lowest BCUT2D eigenvalue weighted by atomic mass is 9.45. The van der Waals surface area contributed by atoms with Gasteiger partial charge in [0.25, 0.3) is 0 Å². The van der Waals surface area contributed by atoms with Crippen LogP contribution in [-0.2, 0) is 10.8 Å². The standard InChI is InChI=1S/C72H54BN3O/c1-71(2,3)45-37-46(72(4,5)6)39-49(38-45)75-64-36-44-34-58-54-28-16-14-26-52(54)51-25-13-15-27-53(51)57(58)33-43(44)35-62(64)73-68-59(40-50(41-65(68)75)74(47-21-9-7-10-22-47)48-23-11-8-12-24-48)60-42-61-55-29-18-20-32-66(55)77-70(61)67-56-30-17-19-31-63(56)76(73)69(60)67/h7-42H,1-6H3. The molecule has 0 amide bonds. The molecule has 0 aliphatic carbocycles. The number of rotatable bonds is 4. The first-order valence-electron chi connectivity index (χ1n) is 27.2. The smallest absolute Gasteiger partial charge is 0.333 e. The third kappa shape index (κ3) is 6.35. The molecule has 0 spiro atoms. The average Bonchev–Trinajstić information content (AvgIpc) is 4.24. The highest BCUT2D eigenvalue weighted by Crippen LogP contribution is 2.52. The Labute approximate surface area is 448 Å². The molecule has 0 fully saturated rings. The van der Waals surface area contributed by atoms with E-state index in [1.54, 1.807) is 0 Å². The lowest BCUT2D eigenvalue weighted by molar-refractivity contribution is 0.569. The van der Waals surface area contributed by atoms with Gasteiger partial charge in [-0.2, -0.15) is 0 Å². The van der Waals surface area contributed by atoms with Crippen molar-refractivity contribution in [1.82, 2.24) is 4.48 Å². The fraction of sp³-hybridized carbons (Fsp3) is 0.111. The van der Waals surface area contributed by atoms with E-state index in [0.717, 1.165) is 50.1 Å². The Balaban J connectivity index is 1.11. The largest absolute Gasteiger partial charge is 0.455 e. The van der Waals surface area contributed by atoms with Crippen molar-refractivity contribution in [1.29, 1.82) is 0 Å². The normalized spacial score (nSPS) is 13.3. The van der Waals surface area contributed by atoms with Gasteiger partial charge in [-0.15, -0.1) is 0 Å². The minimum atomic E-state index is -0.194. The van der Waals surface area contributed by atoms with Crippen molar-refractivity contribution in [3.63, 3.8) is 0 Å². The molecule has 366 valence electrons. The Hall–Kier alpha value is -9.06. The third-order valence-electron chi connectivity index (χ3n) is 17.1. The second kappa shape index (κ2) is 15.8. The molecule has 0 saturated heterocycles. The van der Waals surface area contributed by atoms with E-state index in [1.807, 2.05) is 0 Å². The fourth-order valence-corrected chi connectivity index (χ4v) is 13.4. The van der Waals surface area contributed by atoms with Crippen LogP contribution >= 0.6 is 0 Å². The summed E-state index contributed by atoms with van der Waals surface area (Å²) in [6.07, 6.45) is 0. The maximum Gasteiger partial charge on any atom is 0.333 e. The van der Waals surface area contributed by atoms with Crippen molar-refractivity contribution in [2.24, 2.45) is 0 Å². The van der Waals surface area contributed by atoms with Gasteiger partial charge in [-0.25, -0.2) is 0 Å². The summed E-state index contributed by atoms with van der Waals surface area (Å²) in [5.41, 5.74) is 18.4.